The Bertz CT molecular complexity index is 1200. The quantitative estimate of drug-likeness (QED) is 0.527. The molecule has 0 aliphatic carbocycles. The first kappa shape index (κ1) is 18.8. The maximum absolute atomic E-state index is 13.4. The molecule has 1 aliphatic heterocycles. The van der Waals surface area contributed by atoms with E-state index in [1.165, 1.54) is 12.1 Å². The average molecular weight is 428 g/mol. The maximum Gasteiger partial charge on any atom is 0.318 e. The molecule has 4 aromatic rings. The van der Waals surface area contributed by atoms with Crippen LogP contribution >= 0.6 is 11.6 Å². The lowest BCUT2D eigenvalue weighted by molar-refractivity contribution is 0.458. The van der Waals surface area contributed by atoms with Crippen LogP contribution < -0.4 is 10.2 Å². The Morgan fingerprint density at radius 3 is 2.73 bits per heavy atom. The molecule has 3 aromatic heterocycles. The van der Waals surface area contributed by atoms with E-state index in [9.17, 15) is 4.39 Å². The summed E-state index contributed by atoms with van der Waals surface area (Å²) in [5, 5.41) is 16.3. The number of aromatic nitrogens is 5. The van der Waals surface area contributed by atoms with Crippen LogP contribution in [0.2, 0.25) is 5.02 Å². The monoisotopic (exact) mass is 427 g/mol. The van der Waals surface area contributed by atoms with E-state index >= 15 is 0 Å². The Hall–Kier alpha value is -3.20. The highest BCUT2D eigenvalue weighted by Gasteiger charge is 2.23. The zero-order valence-corrected chi connectivity index (χ0v) is 17.0. The van der Waals surface area contributed by atoms with Gasteiger partial charge in [-0.15, -0.1) is 10.2 Å². The molecule has 1 N–H and O–H groups in total. The number of aryl methyl sites for hydroxylation is 1. The normalized spacial score (nSPS) is 15.1. The molecule has 0 spiro atoms. The van der Waals surface area contributed by atoms with Crippen LogP contribution in [0, 0.1) is 12.7 Å². The molecule has 1 saturated heterocycles. The van der Waals surface area contributed by atoms with Gasteiger partial charge in [-0.25, -0.2) is 8.91 Å². The summed E-state index contributed by atoms with van der Waals surface area (Å²) in [7, 11) is 0. The van der Waals surface area contributed by atoms with Crippen molar-refractivity contribution in [2.75, 3.05) is 23.3 Å². The number of fused-ring (bicyclic) bond motifs is 1. The van der Waals surface area contributed by atoms with Crippen molar-refractivity contribution in [3.8, 4) is 11.1 Å². The summed E-state index contributed by atoms with van der Waals surface area (Å²) in [5.41, 5.74) is 2.17. The number of rotatable bonds is 4. The van der Waals surface area contributed by atoms with Gasteiger partial charge in [-0.2, -0.15) is 4.98 Å². The minimum Gasteiger partial charge on any atom is -0.408 e. The number of piperidine rings is 1. The van der Waals surface area contributed by atoms with Crippen molar-refractivity contribution >= 4 is 29.2 Å². The van der Waals surface area contributed by atoms with Gasteiger partial charge < -0.3 is 14.6 Å². The van der Waals surface area contributed by atoms with Gasteiger partial charge in [0.2, 0.25) is 11.8 Å². The molecule has 0 amide bonds. The van der Waals surface area contributed by atoms with Crippen LogP contribution in [0.25, 0.3) is 16.8 Å². The van der Waals surface area contributed by atoms with Crippen molar-refractivity contribution in [1.29, 1.82) is 0 Å². The zero-order chi connectivity index (χ0) is 20.7. The first-order chi connectivity index (χ1) is 14.6. The van der Waals surface area contributed by atoms with E-state index in [0.717, 1.165) is 31.5 Å². The van der Waals surface area contributed by atoms with Crippen LogP contribution in [0.4, 0.5) is 16.4 Å². The molecule has 10 heteroatoms. The SMILES string of the molecule is Cc1nnc(N2CCC(Nc3nc4c(-c5ccc(F)cc5Cl)cccn4n3)CC2)o1. The lowest BCUT2D eigenvalue weighted by Crippen LogP contribution is -2.39. The summed E-state index contributed by atoms with van der Waals surface area (Å²) in [6.07, 6.45) is 3.62. The summed E-state index contributed by atoms with van der Waals surface area (Å²) in [6.45, 7) is 3.40. The number of hydrogen-bond donors (Lipinski definition) is 1. The number of nitrogens with zero attached hydrogens (tertiary/aromatic N) is 6. The van der Waals surface area contributed by atoms with Gasteiger partial charge in [0.1, 0.15) is 5.82 Å². The van der Waals surface area contributed by atoms with E-state index < -0.39 is 0 Å². The standard InChI is InChI=1S/C20H19ClFN7O/c1-12-25-26-20(30-12)28-9-6-14(7-10-28)23-19-24-18-16(3-2-8-29(18)27-19)15-5-4-13(22)11-17(15)21/h2-5,8,11,14H,6-7,9-10H2,1H3,(H,23,27). The van der Waals surface area contributed by atoms with Gasteiger partial charge >= 0.3 is 6.01 Å². The van der Waals surface area contributed by atoms with Gasteiger partial charge in [-0.1, -0.05) is 16.7 Å². The van der Waals surface area contributed by atoms with Gasteiger partial charge in [-0.05, 0) is 43.2 Å². The predicted molar refractivity (Wildman–Crippen MR) is 111 cm³/mol. The Morgan fingerprint density at radius 2 is 2.00 bits per heavy atom. The zero-order valence-electron chi connectivity index (χ0n) is 16.2. The van der Waals surface area contributed by atoms with Gasteiger partial charge in [0.25, 0.3) is 0 Å². The van der Waals surface area contributed by atoms with Gasteiger partial charge in [-0.3, -0.25) is 0 Å². The molecule has 8 nitrogen and oxygen atoms in total. The minimum atomic E-state index is -0.374. The molecule has 1 fully saturated rings. The Labute approximate surface area is 176 Å². The van der Waals surface area contributed by atoms with Crippen molar-refractivity contribution in [1.82, 2.24) is 24.8 Å². The Kier molecular flexibility index (Phi) is 4.74. The van der Waals surface area contributed by atoms with Crippen molar-refractivity contribution in [2.24, 2.45) is 0 Å². The third-order valence-electron chi connectivity index (χ3n) is 5.20. The summed E-state index contributed by atoms with van der Waals surface area (Å²) in [6, 6.07) is 8.92. The van der Waals surface area contributed by atoms with Crippen LogP contribution in [0.15, 0.2) is 40.9 Å². The van der Waals surface area contributed by atoms with Gasteiger partial charge in [0.15, 0.2) is 5.65 Å². The molecular formula is C20H19ClFN7O. The second-order valence-corrected chi connectivity index (χ2v) is 7.67. The van der Waals surface area contributed by atoms with Crippen molar-refractivity contribution < 1.29 is 8.81 Å². The third kappa shape index (κ3) is 3.56. The molecule has 1 aliphatic rings. The lowest BCUT2D eigenvalue weighted by atomic mass is 10.1. The summed E-state index contributed by atoms with van der Waals surface area (Å²) >= 11 is 6.26. The largest absolute Gasteiger partial charge is 0.408 e. The van der Waals surface area contributed by atoms with E-state index in [4.69, 9.17) is 16.0 Å². The van der Waals surface area contributed by atoms with Crippen LogP contribution in [-0.4, -0.2) is 43.9 Å². The van der Waals surface area contributed by atoms with Crippen molar-refractivity contribution in [3.05, 3.63) is 53.3 Å². The van der Waals surface area contributed by atoms with Crippen molar-refractivity contribution in [2.45, 2.75) is 25.8 Å². The molecule has 154 valence electrons. The molecule has 4 heterocycles. The number of nitrogens with one attached hydrogen (secondary N) is 1. The van der Waals surface area contributed by atoms with Gasteiger partial charge in [0.05, 0.1) is 5.02 Å². The predicted octanol–water partition coefficient (Wildman–Crippen LogP) is 3.96. The first-order valence-corrected chi connectivity index (χ1v) is 10.1. The van der Waals surface area contributed by atoms with E-state index in [1.54, 1.807) is 17.5 Å². The number of hydrogen-bond acceptors (Lipinski definition) is 7. The fraction of sp³-hybridized carbons (Fsp3) is 0.300. The second-order valence-electron chi connectivity index (χ2n) is 7.26. The molecule has 0 atom stereocenters. The molecule has 0 unspecified atom stereocenters. The fourth-order valence-corrected chi connectivity index (χ4v) is 3.97. The molecular weight excluding hydrogens is 409 g/mol. The van der Waals surface area contributed by atoms with Crippen molar-refractivity contribution in [3.63, 3.8) is 0 Å². The highest BCUT2D eigenvalue weighted by Crippen LogP contribution is 2.31. The minimum absolute atomic E-state index is 0.237. The summed E-state index contributed by atoms with van der Waals surface area (Å²) in [5.74, 6) is 0.741. The fourth-order valence-electron chi connectivity index (χ4n) is 3.70. The van der Waals surface area contributed by atoms with Gasteiger partial charge in [0, 0.05) is 43.4 Å². The number of anilines is 2. The first-order valence-electron chi connectivity index (χ1n) is 9.69. The molecule has 0 radical (unpaired) electrons. The van der Waals surface area contributed by atoms with Crippen LogP contribution in [0.3, 0.4) is 0 Å². The lowest BCUT2D eigenvalue weighted by Gasteiger charge is -2.30. The van der Waals surface area contributed by atoms with E-state index in [0.29, 0.717) is 34.1 Å². The topological polar surface area (TPSA) is 84.4 Å². The number of halogens is 2. The molecule has 1 aromatic carbocycles. The summed E-state index contributed by atoms with van der Waals surface area (Å²) in [4.78, 5) is 6.75. The van der Waals surface area contributed by atoms with Crippen LogP contribution in [0.5, 0.6) is 0 Å². The second kappa shape index (κ2) is 7.56. The smallest absolute Gasteiger partial charge is 0.318 e. The Morgan fingerprint density at radius 1 is 1.17 bits per heavy atom. The molecule has 0 saturated carbocycles. The third-order valence-corrected chi connectivity index (χ3v) is 5.51. The maximum atomic E-state index is 13.4. The molecule has 5 rings (SSSR count). The highest BCUT2D eigenvalue weighted by atomic mass is 35.5. The van der Waals surface area contributed by atoms with E-state index in [1.807, 2.05) is 18.3 Å². The van der Waals surface area contributed by atoms with E-state index in [2.05, 4.69) is 30.5 Å². The van der Waals surface area contributed by atoms with Crippen LogP contribution in [-0.2, 0) is 0 Å². The number of pyridine rings is 1. The summed E-state index contributed by atoms with van der Waals surface area (Å²) < 4.78 is 20.6. The van der Waals surface area contributed by atoms with Crippen LogP contribution in [0.1, 0.15) is 18.7 Å². The van der Waals surface area contributed by atoms with E-state index in [-0.39, 0.29) is 11.9 Å². The molecule has 30 heavy (non-hydrogen) atoms. The average Bonchev–Trinajstić information content (AvgIpc) is 3.34. The highest BCUT2D eigenvalue weighted by molar-refractivity contribution is 6.33. The number of benzene rings is 1. The Balaban J connectivity index is 1.34. The molecule has 0 bridgehead atoms.